The fraction of sp³-hybridized carbons (Fsp3) is 0.471. The Hall–Kier alpha value is -1.97. The van der Waals surface area contributed by atoms with Gasteiger partial charge in [0.25, 0.3) is 0 Å². The van der Waals surface area contributed by atoms with E-state index in [0.29, 0.717) is 0 Å². The molecule has 1 fully saturated rings. The smallest absolute Gasteiger partial charge is 0.321 e. The molecule has 0 saturated carbocycles. The average Bonchev–Trinajstić information content (AvgIpc) is 2.47. The fourth-order valence-electron chi connectivity index (χ4n) is 2.26. The Bertz CT molecular complexity index is 483. The molecule has 4 heteroatoms. The van der Waals surface area contributed by atoms with E-state index in [1.54, 1.807) is 6.20 Å². The minimum absolute atomic E-state index is 0.0109. The molecular formula is C17H25N3O. The number of rotatable bonds is 2. The lowest BCUT2D eigenvalue weighted by Gasteiger charge is -2.35. The van der Waals surface area contributed by atoms with Gasteiger partial charge in [-0.1, -0.05) is 45.0 Å². The van der Waals surface area contributed by atoms with Crippen molar-refractivity contribution in [3.63, 3.8) is 0 Å². The first-order valence-corrected chi connectivity index (χ1v) is 7.49. The number of hydrogen-bond acceptors (Lipinski definition) is 2. The van der Waals surface area contributed by atoms with Crippen molar-refractivity contribution < 1.29 is 4.79 Å². The molecule has 1 aliphatic heterocycles. The Morgan fingerprint density at radius 3 is 2.29 bits per heavy atom. The molecule has 0 spiro atoms. The molecule has 0 bridgehead atoms. The molecule has 0 aromatic heterocycles. The molecular weight excluding hydrogens is 262 g/mol. The molecule has 1 aliphatic rings. The maximum Gasteiger partial charge on any atom is 0.321 e. The zero-order valence-electron chi connectivity index (χ0n) is 13.2. The van der Waals surface area contributed by atoms with Gasteiger partial charge in [0, 0.05) is 38.1 Å². The number of piperazine rings is 1. The van der Waals surface area contributed by atoms with E-state index in [2.05, 4.69) is 43.1 Å². The van der Waals surface area contributed by atoms with E-state index in [9.17, 15) is 4.79 Å². The summed E-state index contributed by atoms with van der Waals surface area (Å²) in [6.07, 6.45) is 3.76. The van der Waals surface area contributed by atoms with Crippen molar-refractivity contribution in [1.82, 2.24) is 10.2 Å². The van der Waals surface area contributed by atoms with Crippen LogP contribution >= 0.6 is 0 Å². The number of carbonyl (C=O) groups excluding carboxylic acids is 1. The molecule has 0 atom stereocenters. The highest BCUT2D eigenvalue weighted by molar-refractivity contribution is 5.75. The van der Waals surface area contributed by atoms with Crippen molar-refractivity contribution in [3.05, 3.63) is 42.6 Å². The predicted octanol–water partition coefficient (Wildman–Crippen LogP) is 3.08. The lowest BCUT2D eigenvalue weighted by molar-refractivity contribution is 0.198. The lowest BCUT2D eigenvalue weighted by atomic mass is 9.97. The van der Waals surface area contributed by atoms with Gasteiger partial charge >= 0.3 is 6.03 Å². The van der Waals surface area contributed by atoms with Crippen molar-refractivity contribution in [2.24, 2.45) is 5.41 Å². The van der Waals surface area contributed by atoms with E-state index in [4.69, 9.17) is 0 Å². The van der Waals surface area contributed by atoms with Crippen LogP contribution < -0.4 is 10.2 Å². The van der Waals surface area contributed by atoms with Gasteiger partial charge in [-0.3, -0.25) is 0 Å². The summed E-state index contributed by atoms with van der Waals surface area (Å²) in [5, 5.41) is 2.85. The monoisotopic (exact) mass is 287 g/mol. The molecule has 1 aromatic rings. The lowest BCUT2D eigenvalue weighted by Crippen LogP contribution is -2.51. The summed E-state index contributed by atoms with van der Waals surface area (Å²) in [6, 6.07) is 10.3. The van der Waals surface area contributed by atoms with Crippen LogP contribution in [0.3, 0.4) is 0 Å². The van der Waals surface area contributed by atoms with Gasteiger partial charge in [0.05, 0.1) is 0 Å². The molecule has 0 radical (unpaired) electrons. The number of carbonyl (C=O) groups is 1. The maximum atomic E-state index is 12.1. The summed E-state index contributed by atoms with van der Waals surface area (Å²) in [5.41, 5.74) is 1.31. The van der Waals surface area contributed by atoms with Gasteiger partial charge in [-0.15, -0.1) is 0 Å². The van der Waals surface area contributed by atoms with Crippen LogP contribution in [0.4, 0.5) is 10.5 Å². The molecule has 2 rings (SSSR count). The number of benzene rings is 1. The first-order chi connectivity index (χ1) is 9.96. The number of para-hydroxylation sites is 1. The molecule has 1 saturated heterocycles. The average molecular weight is 287 g/mol. The van der Waals surface area contributed by atoms with E-state index in [1.807, 2.05) is 29.2 Å². The first kappa shape index (κ1) is 15.4. The van der Waals surface area contributed by atoms with Crippen LogP contribution in [0.1, 0.15) is 20.8 Å². The summed E-state index contributed by atoms with van der Waals surface area (Å²) in [5.74, 6) is 0. The van der Waals surface area contributed by atoms with Crippen LogP contribution in [0.5, 0.6) is 0 Å². The van der Waals surface area contributed by atoms with Crippen LogP contribution in [0.25, 0.3) is 0 Å². The van der Waals surface area contributed by atoms with E-state index >= 15 is 0 Å². The van der Waals surface area contributed by atoms with Crippen molar-refractivity contribution in [3.8, 4) is 0 Å². The summed E-state index contributed by atoms with van der Waals surface area (Å²) in [4.78, 5) is 16.3. The predicted molar refractivity (Wildman–Crippen MR) is 87.4 cm³/mol. The Balaban J connectivity index is 1.81. The number of nitrogens with one attached hydrogen (secondary N) is 1. The van der Waals surface area contributed by atoms with E-state index < -0.39 is 0 Å². The normalized spacial score (nSPS) is 16.3. The summed E-state index contributed by atoms with van der Waals surface area (Å²) >= 11 is 0. The van der Waals surface area contributed by atoms with Gasteiger partial charge in [0.2, 0.25) is 0 Å². The SMILES string of the molecule is CC(C)(C)/C=C/NC(=O)N1CCN(c2ccccc2)CC1. The highest BCUT2D eigenvalue weighted by Crippen LogP contribution is 2.16. The molecule has 21 heavy (non-hydrogen) atoms. The molecule has 114 valence electrons. The maximum absolute atomic E-state index is 12.1. The van der Waals surface area contributed by atoms with Crippen molar-refractivity contribution in [2.45, 2.75) is 20.8 Å². The van der Waals surface area contributed by atoms with E-state index in [1.165, 1.54) is 5.69 Å². The number of nitrogens with zero attached hydrogens (tertiary/aromatic N) is 2. The van der Waals surface area contributed by atoms with Gasteiger partial charge in [0.1, 0.15) is 0 Å². The quantitative estimate of drug-likeness (QED) is 0.907. The van der Waals surface area contributed by atoms with Gasteiger partial charge < -0.3 is 15.1 Å². The van der Waals surface area contributed by atoms with Crippen molar-refractivity contribution in [2.75, 3.05) is 31.1 Å². The molecule has 2 amide bonds. The molecule has 1 heterocycles. The number of urea groups is 1. The molecule has 0 aliphatic carbocycles. The van der Waals surface area contributed by atoms with E-state index in [-0.39, 0.29) is 11.4 Å². The van der Waals surface area contributed by atoms with E-state index in [0.717, 1.165) is 26.2 Å². The summed E-state index contributed by atoms with van der Waals surface area (Å²) < 4.78 is 0. The second-order valence-corrected chi connectivity index (χ2v) is 6.46. The number of allylic oxidation sites excluding steroid dienone is 1. The zero-order valence-corrected chi connectivity index (χ0v) is 13.2. The van der Waals surface area contributed by atoms with Gasteiger partial charge in [-0.2, -0.15) is 0 Å². The number of hydrogen-bond donors (Lipinski definition) is 1. The summed E-state index contributed by atoms with van der Waals surface area (Å²) in [6.45, 7) is 9.58. The third kappa shape index (κ3) is 4.81. The van der Waals surface area contributed by atoms with Gasteiger partial charge in [-0.05, 0) is 17.5 Å². The van der Waals surface area contributed by atoms with Crippen LogP contribution in [0, 0.1) is 5.41 Å². The molecule has 1 N–H and O–H groups in total. The third-order valence-electron chi connectivity index (χ3n) is 3.48. The van der Waals surface area contributed by atoms with Crippen LogP contribution in [0.15, 0.2) is 42.6 Å². The minimum Gasteiger partial charge on any atom is -0.368 e. The highest BCUT2D eigenvalue weighted by atomic mass is 16.2. The van der Waals surface area contributed by atoms with Crippen LogP contribution in [-0.2, 0) is 0 Å². The second-order valence-electron chi connectivity index (χ2n) is 6.46. The van der Waals surface area contributed by atoms with Crippen LogP contribution in [0.2, 0.25) is 0 Å². The Morgan fingerprint density at radius 2 is 1.71 bits per heavy atom. The molecule has 4 nitrogen and oxygen atoms in total. The largest absolute Gasteiger partial charge is 0.368 e. The van der Waals surface area contributed by atoms with Gasteiger partial charge in [-0.25, -0.2) is 4.79 Å². The fourth-order valence-corrected chi connectivity index (χ4v) is 2.26. The number of anilines is 1. The topological polar surface area (TPSA) is 35.6 Å². The molecule has 0 unspecified atom stereocenters. The zero-order chi connectivity index (χ0) is 15.3. The number of amides is 2. The van der Waals surface area contributed by atoms with Crippen LogP contribution in [-0.4, -0.2) is 37.1 Å². The third-order valence-corrected chi connectivity index (χ3v) is 3.48. The Labute approximate surface area is 127 Å². The van der Waals surface area contributed by atoms with Crippen molar-refractivity contribution in [1.29, 1.82) is 0 Å². The standard InChI is InChI=1S/C17H25N3O/c1-17(2,3)9-10-18-16(21)20-13-11-19(12-14-20)15-7-5-4-6-8-15/h4-10H,11-14H2,1-3H3,(H,18,21)/b10-9+. The minimum atomic E-state index is -0.0109. The second kappa shape index (κ2) is 6.66. The first-order valence-electron chi connectivity index (χ1n) is 7.49. The van der Waals surface area contributed by atoms with Crippen molar-refractivity contribution >= 4 is 11.7 Å². The highest BCUT2D eigenvalue weighted by Gasteiger charge is 2.20. The Kier molecular flexibility index (Phi) is 4.89. The molecule has 1 aromatic carbocycles. The summed E-state index contributed by atoms with van der Waals surface area (Å²) in [7, 11) is 0. The van der Waals surface area contributed by atoms with Gasteiger partial charge in [0.15, 0.2) is 0 Å². The Morgan fingerprint density at radius 1 is 1.10 bits per heavy atom.